The Kier molecular flexibility index (Phi) is 9.48. The van der Waals surface area contributed by atoms with Gasteiger partial charge in [-0.1, -0.05) is 17.3 Å². The number of aromatic nitrogens is 1. The molecule has 2 aromatic rings. The molecule has 0 radical (unpaired) electrons. The van der Waals surface area contributed by atoms with Crippen molar-refractivity contribution in [2.24, 2.45) is 5.16 Å². The average molecular weight is 390 g/mol. The Morgan fingerprint density at radius 1 is 1.19 bits per heavy atom. The van der Waals surface area contributed by atoms with Crippen molar-refractivity contribution in [3.8, 4) is 0 Å². The molecular formula is C18H18F3N2NaO3. The summed E-state index contributed by atoms with van der Waals surface area (Å²) >= 11 is 0. The molecule has 1 aromatic carbocycles. The number of nitrogens with zero attached hydrogens (tertiary/aromatic N) is 2. The Morgan fingerprint density at radius 3 is 2.56 bits per heavy atom. The monoisotopic (exact) mass is 390 g/mol. The quantitative estimate of drug-likeness (QED) is 0.319. The van der Waals surface area contributed by atoms with E-state index in [9.17, 15) is 18.0 Å². The van der Waals surface area contributed by atoms with Crippen LogP contribution in [0.2, 0.25) is 0 Å². The number of alkyl halides is 3. The van der Waals surface area contributed by atoms with Gasteiger partial charge in [-0.2, -0.15) is 13.2 Å². The number of unbranched alkanes of at least 4 members (excludes halogenated alkanes) is 1. The van der Waals surface area contributed by atoms with Crippen molar-refractivity contribution in [3.05, 3.63) is 65.5 Å². The van der Waals surface area contributed by atoms with Gasteiger partial charge < -0.3 is 11.4 Å². The normalized spacial score (nSPS) is 11.6. The third-order valence-corrected chi connectivity index (χ3v) is 3.43. The maximum absolute atomic E-state index is 13.0. The van der Waals surface area contributed by atoms with Gasteiger partial charge in [0, 0.05) is 29.9 Å². The zero-order chi connectivity index (χ0) is 19.0. The van der Waals surface area contributed by atoms with E-state index in [1.165, 1.54) is 18.3 Å². The zero-order valence-electron chi connectivity index (χ0n) is 15.7. The Balaban J connectivity index is 0.00000364. The molecule has 0 saturated carbocycles. The minimum atomic E-state index is -4.46. The Hall–Kier alpha value is -1.90. The van der Waals surface area contributed by atoms with E-state index >= 15 is 0 Å². The summed E-state index contributed by atoms with van der Waals surface area (Å²) in [4.78, 5) is 19.6. The smallest absolute Gasteiger partial charge is 1.00 e. The van der Waals surface area contributed by atoms with Crippen molar-refractivity contribution >= 4 is 11.7 Å². The van der Waals surface area contributed by atoms with Crippen LogP contribution in [0.3, 0.4) is 0 Å². The third-order valence-electron chi connectivity index (χ3n) is 3.43. The number of rotatable bonds is 8. The number of aliphatic carboxylic acids is 1. The van der Waals surface area contributed by atoms with Crippen LogP contribution in [0.15, 0.2) is 53.9 Å². The molecular weight excluding hydrogens is 372 g/mol. The second-order valence-corrected chi connectivity index (χ2v) is 5.44. The SMILES string of the molecule is O=C(O)CCCCO/N=C(\c1cccnc1)c1cccc(C(F)(F)F)c1.[H-].[Na+]. The molecule has 1 aromatic heterocycles. The molecule has 0 spiro atoms. The third kappa shape index (κ3) is 7.70. The summed E-state index contributed by atoms with van der Waals surface area (Å²) in [7, 11) is 0. The zero-order valence-corrected chi connectivity index (χ0v) is 16.7. The number of oxime groups is 1. The number of carboxylic acid groups (broad SMARTS) is 1. The molecule has 0 bridgehead atoms. The molecule has 0 aliphatic carbocycles. The molecule has 0 fully saturated rings. The fourth-order valence-electron chi connectivity index (χ4n) is 2.17. The summed E-state index contributed by atoms with van der Waals surface area (Å²) in [6, 6.07) is 8.10. The van der Waals surface area contributed by atoms with Gasteiger partial charge in [-0.25, -0.2) is 0 Å². The van der Waals surface area contributed by atoms with Gasteiger partial charge in [0.15, 0.2) is 0 Å². The second-order valence-electron chi connectivity index (χ2n) is 5.44. The van der Waals surface area contributed by atoms with Gasteiger partial charge in [0.05, 0.1) is 5.56 Å². The van der Waals surface area contributed by atoms with Gasteiger partial charge in [0.2, 0.25) is 0 Å². The maximum atomic E-state index is 13.0. The molecule has 140 valence electrons. The molecule has 27 heavy (non-hydrogen) atoms. The fraction of sp³-hybridized carbons (Fsp3) is 0.278. The molecule has 0 aliphatic heterocycles. The minimum absolute atomic E-state index is 0. The van der Waals surface area contributed by atoms with Crippen molar-refractivity contribution in [3.63, 3.8) is 0 Å². The molecule has 0 unspecified atom stereocenters. The summed E-state index contributed by atoms with van der Waals surface area (Å²) in [6.07, 6.45) is -0.522. The van der Waals surface area contributed by atoms with E-state index in [4.69, 9.17) is 9.94 Å². The number of carboxylic acids is 1. The van der Waals surface area contributed by atoms with E-state index in [-0.39, 0.29) is 55.3 Å². The van der Waals surface area contributed by atoms with Crippen molar-refractivity contribution in [1.29, 1.82) is 0 Å². The van der Waals surface area contributed by atoms with Crippen LogP contribution in [-0.2, 0) is 15.8 Å². The van der Waals surface area contributed by atoms with Crippen LogP contribution in [0, 0.1) is 0 Å². The van der Waals surface area contributed by atoms with E-state index in [0.29, 0.717) is 18.4 Å². The first kappa shape index (κ1) is 23.1. The molecule has 9 heteroatoms. The summed E-state index contributed by atoms with van der Waals surface area (Å²) in [6.45, 7) is 0.163. The largest absolute Gasteiger partial charge is 1.00 e. The predicted octanol–water partition coefficient (Wildman–Crippen LogP) is 1.24. The number of pyridine rings is 1. The van der Waals surface area contributed by atoms with Gasteiger partial charge in [-0.05, 0) is 37.1 Å². The van der Waals surface area contributed by atoms with Gasteiger partial charge in [0.25, 0.3) is 0 Å². The van der Waals surface area contributed by atoms with Crippen LogP contribution in [0.4, 0.5) is 13.2 Å². The van der Waals surface area contributed by atoms with Crippen LogP contribution in [0.5, 0.6) is 0 Å². The number of hydrogen-bond donors (Lipinski definition) is 1. The van der Waals surface area contributed by atoms with Crippen LogP contribution in [0.1, 0.15) is 37.4 Å². The molecule has 2 rings (SSSR count). The van der Waals surface area contributed by atoms with E-state index in [1.807, 2.05) is 0 Å². The van der Waals surface area contributed by atoms with Crippen molar-refractivity contribution in [1.82, 2.24) is 4.98 Å². The number of benzene rings is 1. The molecule has 0 amide bonds. The number of carbonyl (C=O) groups is 1. The first-order valence-electron chi connectivity index (χ1n) is 7.87. The number of hydrogen-bond acceptors (Lipinski definition) is 4. The molecule has 0 aliphatic rings. The van der Waals surface area contributed by atoms with Gasteiger partial charge in [-0.3, -0.25) is 9.78 Å². The fourth-order valence-corrected chi connectivity index (χ4v) is 2.17. The van der Waals surface area contributed by atoms with E-state index in [0.717, 1.165) is 12.1 Å². The molecule has 1 N–H and O–H groups in total. The van der Waals surface area contributed by atoms with Crippen LogP contribution in [0.25, 0.3) is 0 Å². The Morgan fingerprint density at radius 2 is 1.93 bits per heavy atom. The molecule has 1 heterocycles. The van der Waals surface area contributed by atoms with E-state index in [1.54, 1.807) is 18.3 Å². The first-order chi connectivity index (χ1) is 12.4. The Bertz CT molecular complexity index is 774. The van der Waals surface area contributed by atoms with Crippen molar-refractivity contribution < 1.29 is 58.9 Å². The van der Waals surface area contributed by atoms with Gasteiger partial charge in [0.1, 0.15) is 12.3 Å². The van der Waals surface area contributed by atoms with Crippen molar-refractivity contribution in [2.45, 2.75) is 25.4 Å². The summed E-state index contributed by atoms with van der Waals surface area (Å²) in [5, 5.41) is 12.5. The maximum Gasteiger partial charge on any atom is 1.00 e. The average Bonchev–Trinajstić information content (AvgIpc) is 2.61. The first-order valence-corrected chi connectivity index (χ1v) is 7.87. The minimum Gasteiger partial charge on any atom is -1.00 e. The molecule has 0 saturated heterocycles. The predicted molar refractivity (Wildman–Crippen MR) is 89.9 cm³/mol. The Labute approximate surface area is 178 Å². The van der Waals surface area contributed by atoms with E-state index in [2.05, 4.69) is 10.1 Å². The van der Waals surface area contributed by atoms with E-state index < -0.39 is 17.7 Å². The van der Waals surface area contributed by atoms with Crippen LogP contribution < -0.4 is 29.6 Å². The topological polar surface area (TPSA) is 71.8 Å². The van der Waals surface area contributed by atoms with Crippen LogP contribution in [-0.4, -0.2) is 28.4 Å². The second kappa shape index (κ2) is 11.1. The van der Waals surface area contributed by atoms with Crippen molar-refractivity contribution in [2.75, 3.05) is 6.61 Å². The standard InChI is InChI=1S/C18H17F3N2O3.Na.H/c19-18(20,21)15-7-3-5-13(11-15)17(14-6-4-9-22-12-14)23-26-10-2-1-8-16(24)25;;/h3-7,9,11-12H,1-2,8,10H2,(H,24,25);;/q;+1;-1/b23-17-;;. The van der Waals surface area contributed by atoms with Crippen LogP contribution >= 0.6 is 0 Å². The molecule has 5 nitrogen and oxygen atoms in total. The number of halogens is 3. The van der Waals surface area contributed by atoms with Gasteiger partial charge >= 0.3 is 41.7 Å². The molecule has 0 atom stereocenters. The summed E-state index contributed by atoms with van der Waals surface area (Å²) in [5.41, 5.74) is 0.200. The van der Waals surface area contributed by atoms with Gasteiger partial charge in [-0.15, -0.1) is 0 Å². The summed E-state index contributed by atoms with van der Waals surface area (Å²) < 4.78 is 38.9. The summed E-state index contributed by atoms with van der Waals surface area (Å²) in [5.74, 6) is -0.895.